The first kappa shape index (κ1) is 11.8. The van der Waals surface area contributed by atoms with Crippen molar-refractivity contribution in [3.05, 3.63) is 56.2 Å². The van der Waals surface area contributed by atoms with Crippen LogP contribution in [0.25, 0.3) is 5.69 Å². The highest BCUT2D eigenvalue weighted by atomic mass is 32.1. The van der Waals surface area contributed by atoms with Gasteiger partial charge in [0.25, 0.3) is 0 Å². The van der Waals surface area contributed by atoms with Crippen LogP contribution < -0.4 is 5.69 Å². The van der Waals surface area contributed by atoms with Crippen LogP contribution in [0.3, 0.4) is 0 Å². The van der Waals surface area contributed by atoms with E-state index in [-0.39, 0.29) is 5.69 Å². The van der Waals surface area contributed by atoms with Gasteiger partial charge in [-0.15, -0.1) is 0 Å². The molecule has 0 radical (unpaired) electrons. The number of rotatable bonds is 1. The minimum absolute atomic E-state index is 0.191. The van der Waals surface area contributed by atoms with Gasteiger partial charge in [-0.1, -0.05) is 24.4 Å². The van der Waals surface area contributed by atoms with Crippen molar-refractivity contribution in [1.29, 1.82) is 0 Å². The van der Waals surface area contributed by atoms with Gasteiger partial charge >= 0.3 is 5.69 Å². The molecule has 17 heavy (non-hydrogen) atoms. The summed E-state index contributed by atoms with van der Waals surface area (Å²) < 4.78 is 2.12. The summed E-state index contributed by atoms with van der Waals surface area (Å²) in [5.74, 6) is 0. The van der Waals surface area contributed by atoms with E-state index in [2.05, 4.69) is 4.98 Å². The van der Waals surface area contributed by atoms with Gasteiger partial charge in [0.1, 0.15) is 4.64 Å². The quantitative estimate of drug-likeness (QED) is 0.786. The number of hydrogen-bond acceptors (Lipinski definition) is 2. The molecule has 3 nitrogen and oxygen atoms in total. The fourth-order valence-electron chi connectivity index (χ4n) is 1.89. The van der Waals surface area contributed by atoms with Crippen molar-refractivity contribution in [3.8, 4) is 5.69 Å². The Kier molecular flexibility index (Phi) is 2.98. The second-order valence-electron chi connectivity index (χ2n) is 4.13. The predicted octanol–water partition coefficient (Wildman–Crippen LogP) is 2.82. The van der Waals surface area contributed by atoms with Gasteiger partial charge in [0, 0.05) is 5.69 Å². The molecular formula is C13H14N2OS. The second-order valence-corrected chi connectivity index (χ2v) is 4.57. The number of aromatic amines is 1. The predicted molar refractivity (Wildman–Crippen MR) is 71.4 cm³/mol. The average molecular weight is 246 g/mol. The summed E-state index contributed by atoms with van der Waals surface area (Å²) in [5.41, 5.74) is 3.81. The fraction of sp³-hybridized carbons (Fsp3) is 0.231. The number of aryl methyl sites for hydroxylation is 2. The molecule has 0 bridgehead atoms. The molecule has 88 valence electrons. The summed E-state index contributed by atoms with van der Waals surface area (Å²) in [6.07, 6.45) is 0. The van der Waals surface area contributed by atoms with Gasteiger partial charge in [-0.3, -0.25) is 9.55 Å². The van der Waals surface area contributed by atoms with Crippen molar-refractivity contribution >= 4 is 12.2 Å². The number of benzene rings is 1. The summed E-state index contributed by atoms with van der Waals surface area (Å²) in [6.45, 7) is 5.93. The first-order valence-corrected chi connectivity index (χ1v) is 5.81. The Labute approximate surface area is 105 Å². The number of aromatic nitrogens is 2. The maximum Gasteiger partial charge on any atom is 0.331 e. The Morgan fingerprint density at radius 1 is 1.24 bits per heavy atom. The molecule has 0 atom stereocenters. The molecule has 0 unspecified atom stereocenters. The minimum Gasteiger partial charge on any atom is -0.298 e. The van der Waals surface area contributed by atoms with Crippen LogP contribution in [-0.2, 0) is 0 Å². The molecule has 2 aromatic rings. The van der Waals surface area contributed by atoms with Crippen LogP contribution in [0.1, 0.15) is 16.8 Å². The summed E-state index contributed by atoms with van der Waals surface area (Å²) in [6, 6.07) is 7.71. The zero-order valence-corrected chi connectivity index (χ0v) is 10.9. The molecule has 4 heteroatoms. The van der Waals surface area contributed by atoms with E-state index in [1.54, 1.807) is 10.6 Å². The zero-order valence-electron chi connectivity index (χ0n) is 10.1. The Bertz CT molecular complexity index is 683. The molecule has 0 aliphatic carbocycles. The lowest BCUT2D eigenvalue weighted by molar-refractivity contribution is 0.859. The number of H-pyrrole nitrogens is 1. The van der Waals surface area contributed by atoms with Crippen molar-refractivity contribution in [2.45, 2.75) is 20.8 Å². The maximum atomic E-state index is 12.0. The summed E-state index contributed by atoms with van der Waals surface area (Å²) in [5, 5.41) is 0. The third-order valence-electron chi connectivity index (χ3n) is 2.94. The topological polar surface area (TPSA) is 37.8 Å². The normalized spacial score (nSPS) is 10.5. The SMILES string of the molecule is Cc1cccc(-n2c(C)cc(=S)[nH]c2=O)c1C. The maximum absolute atomic E-state index is 12.0. The van der Waals surface area contributed by atoms with Crippen LogP contribution in [0.15, 0.2) is 29.1 Å². The molecule has 0 amide bonds. The smallest absolute Gasteiger partial charge is 0.298 e. The molecule has 2 rings (SSSR count). The number of nitrogens with one attached hydrogen (secondary N) is 1. The molecule has 1 heterocycles. The standard InChI is InChI=1S/C13H14N2OS/c1-8-5-4-6-11(10(8)3)15-9(2)7-12(17)14-13(15)16/h4-7H,1-3H3,(H,14,16,17). The van der Waals surface area contributed by atoms with E-state index in [1.807, 2.05) is 39.0 Å². The Morgan fingerprint density at radius 2 is 1.94 bits per heavy atom. The number of nitrogens with zero attached hydrogens (tertiary/aromatic N) is 1. The van der Waals surface area contributed by atoms with Crippen LogP contribution in [0.2, 0.25) is 0 Å². The van der Waals surface area contributed by atoms with Gasteiger partial charge in [0.15, 0.2) is 0 Å². The van der Waals surface area contributed by atoms with Gasteiger partial charge in [-0.05, 0) is 44.0 Å². The van der Waals surface area contributed by atoms with Crippen LogP contribution in [0, 0.1) is 25.4 Å². The molecule has 0 fully saturated rings. The first-order chi connectivity index (χ1) is 8.00. The van der Waals surface area contributed by atoms with E-state index < -0.39 is 0 Å². The Balaban J connectivity index is 2.82. The van der Waals surface area contributed by atoms with Gasteiger partial charge in [0.2, 0.25) is 0 Å². The second kappa shape index (κ2) is 4.30. The van der Waals surface area contributed by atoms with Crippen molar-refractivity contribution in [1.82, 2.24) is 9.55 Å². The molecule has 1 aromatic carbocycles. The molecule has 0 spiro atoms. The van der Waals surface area contributed by atoms with E-state index in [9.17, 15) is 4.79 Å². The van der Waals surface area contributed by atoms with Gasteiger partial charge in [-0.2, -0.15) is 0 Å². The van der Waals surface area contributed by atoms with E-state index in [1.165, 1.54) is 0 Å². The Morgan fingerprint density at radius 3 is 2.59 bits per heavy atom. The lowest BCUT2D eigenvalue weighted by atomic mass is 10.1. The average Bonchev–Trinajstić information content (AvgIpc) is 2.23. The minimum atomic E-state index is -0.191. The zero-order chi connectivity index (χ0) is 12.6. The van der Waals surface area contributed by atoms with Gasteiger partial charge in [-0.25, -0.2) is 4.79 Å². The van der Waals surface area contributed by atoms with E-state index in [0.29, 0.717) is 4.64 Å². The van der Waals surface area contributed by atoms with Crippen LogP contribution in [0.4, 0.5) is 0 Å². The Hall–Kier alpha value is -1.68. The molecule has 0 aliphatic rings. The van der Waals surface area contributed by atoms with E-state index in [4.69, 9.17) is 12.2 Å². The largest absolute Gasteiger partial charge is 0.331 e. The third kappa shape index (κ3) is 2.08. The molecule has 0 saturated heterocycles. The van der Waals surface area contributed by atoms with Crippen molar-refractivity contribution < 1.29 is 0 Å². The van der Waals surface area contributed by atoms with Crippen molar-refractivity contribution in [2.75, 3.05) is 0 Å². The third-order valence-corrected chi connectivity index (χ3v) is 3.16. The summed E-state index contributed by atoms with van der Waals surface area (Å²) in [7, 11) is 0. The lowest BCUT2D eigenvalue weighted by Gasteiger charge is -2.13. The van der Waals surface area contributed by atoms with Gasteiger partial charge in [0.05, 0.1) is 5.69 Å². The molecule has 0 aliphatic heterocycles. The molecule has 1 N–H and O–H groups in total. The van der Waals surface area contributed by atoms with Gasteiger partial charge < -0.3 is 0 Å². The van der Waals surface area contributed by atoms with E-state index >= 15 is 0 Å². The first-order valence-electron chi connectivity index (χ1n) is 5.40. The lowest BCUT2D eigenvalue weighted by Crippen LogP contribution is -2.24. The number of hydrogen-bond donors (Lipinski definition) is 1. The summed E-state index contributed by atoms with van der Waals surface area (Å²) in [4.78, 5) is 14.6. The highest BCUT2D eigenvalue weighted by Gasteiger charge is 2.07. The summed E-state index contributed by atoms with van der Waals surface area (Å²) >= 11 is 4.99. The fourth-order valence-corrected chi connectivity index (χ4v) is 2.15. The molecule has 1 aromatic heterocycles. The van der Waals surface area contributed by atoms with Crippen LogP contribution in [0.5, 0.6) is 0 Å². The molecule has 0 saturated carbocycles. The highest BCUT2D eigenvalue weighted by Crippen LogP contribution is 2.16. The highest BCUT2D eigenvalue weighted by molar-refractivity contribution is 7.71. The monoisotopic (exact) mass is 246 g/mol. The van der Waals surface area contributed by atoms with Crippen LogP contribution in [-0.4, -0.2) is 9.55 Å². The van der Waals surface area contributed by atoms with Crippen molar-refractivity contribution in [2.24, 2.45) is 0 Å². The van der Waals surface area contributed by atoms with E-state index in [0.717, 1.165) is 22.5 Å². The van der Waals surface area contributed by atoms with Crippen LogP contribution >= 0.6 is 12.2 Å². The van der Waals surface area contributed by atoms with Crippen molar-refractivity contribution in [3.63, 3.8) is 0 Å². The molecular weight excluding hydrogens is 232 g/mol.